The third kappa shape index (κ3) is 3.65. The Bertz CT molecular complexity index is 910. The highest BCUT2D eigenvalue weighted by Gasteiger charge is 2.32. The maximum absolute atomic E-state index is 12.2. The first-order chi connectivity index (χ1) is 11.3. The third-order valence-corrected chi connectivity index (χ3v) is 3.62. The molecule has 0 fully saturated rings. The van der Waals surface area contributed by atoms with Crippen molar-refractivity contribution < 1.29 is 22.7 Å². The van der Waals surface area contributed by atoms with Crippen LogP contribution in [0.5, 0.6) is 5.75 Å². The molecule has 0 unspecified atom stereocenters. The zero-order valence-corrected chi connectivity index (χ0v) is 13.3. The van der Waals surface area contributed by atoms with E-state index in [2.05, 4.69) is 41.4 Å². The van der Waals surface area contributed by atoms with Crippen LogP contribution in [0.4, 0.5) is 18.9 Å². The predicted octanol–water partition coefficient (Wildman–Crippen LogP) is 3.87. The second-order valence-corrected chi connectivity index (χ2v) is 5.55. The summed E-state index contributed by atoms with van der Waals surface area (Å²) >= 11 is 2.97. The van der Waals surface area contributed by atoms with Crippen LogP contribution in [-0.2, 0) is 0 Å². The van der Waals surface area contributed by atoms with Gasteiger partial charge in [0.1, 0.15) is 11.3 Å². The smallest absolute Gasteiger partial charge is 0.405 e. The minimum Gasteiger partial charge on any atom is -0.405 e. The van der Waals surface area contributed by atoms with Gasteiger partial charge in [-0.05, 0) is 52.3 Å². The summed E-state index contributed by atoms with van der Waals surface area (Å²) in [6, 6.07) is 8.50. The van der Waals surface area contributed by atoms with Crippen LogP contribution in [0.1, 0.15) is 10.4 Å². The fraction of sp³-hybridized carbons (Fsp3) is 0.0714. The standard InChI is InChI=1S/C14H8BrF3N4O2/c15-9-6-8(2-4-12(9)24-14(16,17)18)19-13(23)7-1-3-10-11(5-7)21-22-20-10/h1-6H,(H,19,23)(H,20,21,22). The summed E-state index contributed by atoms with van der Waals surface area (Å²) in [7, 11) is 0. The molecule has 1 aromatic heterocycles. The second kappa shape index (κ2) is 6.11. The van der Waals surface area contributed by atoms with Crippen molar-refractivity contribution in [3.8, 4) is 5.75 Å². The summed E-state index contributed by atoms with van der Waals surface area (Å²) in [6.07, 6.45) is -4.79. The lowest BCUT2D eigenvalue weighted by Crippen LogP contribution is -2.17. The molecule has 2 aromatic carbocycles. The molecule has 0 saturated heterocycles. The summed E-state index contributed by atoms with van der Waals surface area (Å²) in [5, 5.41) is 12.7. The number of nitrogens with zero attached hydrogens (tertiary/aromatic N) is 2. The van der Waals surface area contributed by atoms with E-state index < -0.39 is 18.0 Å². The Hall–Kier alpha value is -2.62. The summed E-state index contributed by atoms with van der Waals surface area (Å²) < 4.78 is 40.6. The molecule has 0 saturated carbocycles. The Morgan fingerprint density at radius 2 is 2.00 bits per heavy atom. The number of hydrogen-bond donors (Lipinski definition) is 2. The average molecular weight is 401 g/mol. The molecule has 24 heavy (non-hydrogen) atoms. The summed E-state index contributed by atoms with van der Waals surface area (Å²) in [5.74, 6) is -0.833. The average Bonchev–Trinajstić information content (AvgIpc) is 2.96. The number of benzene rings is 2. The molecular formula is C14H8BrF3N4O2. The van der Waals surface area contributed by atoms with Gasteiger partial charge in [-0.15, -0.1) is 18.3 Å². The van der Waals surface area contributed by atoms with E-state index in [0.717, 1.165) is 6.07 Å². The fourth-order valence-electron chi connectivity index (χ4n) is 1.97. The molecule has 1 amide bonds. The van der Waals surface area contributed by atoms with E-state index in [-0.39, 0.29) is 4.47 Å². The summed E-state index contributed by atoms with van der Waals surface area (Å²) in [6.45, 7) is 0. The van der Waals surface area contributed by atoms with Crippen molar-refractivity contribution in [2.75, 3.05) is 5.32 Å². The number of carbonyl (C=O) groups is 1. The minimum absolute atomic E-state index is 0.0598. The van der Waals surface area contributed by atoms with Crippen LogP contribution in [0.3, 0.4) is 0 Å². The number of rotatable bonds is 3. The molecule has 0 aliphatic rings. The number of alkyl halides is 3. The van der Waals surface area contributed by atoms with Crippen molar-refractivity contribution in [1.82, 2.24) is 15.4 Å². The Morgan fingerprint density at radius 3 is 2.71 bits per heavy atom. The number of carbonyl (C=O) groups excluding carboxylic acids is 1. The van der Waals surface area contributed by atoms with Crippen molar-refractivity contribution in [1.29, 1.82) is 0 Å². The van der Waals surface area contributed by atoms with E-state index in [1.165, 1.54) is 12.1 Å². The van der Waals surface area contributed by atoms with Gasteiger partial charge in [0.15, 0.2) is 0 Å². The molecule has 0 spiro atoms. The van der Waals surface area contributed by atoms with Crippen molar-refractivity contribution in [2.45, 2.75) is 6.36 Å². The number of nitrogens with one attached hydrogen (secondary N) is 2. The SMILES string of the molecule is O=C(Nc1ccc(OC(F)(F)F)c(Br)c1)c1ccc2[nH]nnc2c1. The number of halogens is 4. The number of fused-ring (bicyclic) bond motifs is 1. The van der Waals surface area contributed by atoms with Gasteiger partial charge in [-0.3, -0.25) is 9.89 Å². The zero-order valence-electron chi connectivity index (χ0n) is 11.7. The highest BCUT2D eigenvalue weighted by molar-refractivity contribution is 9.10. The molecule has 10 heteroatoms. The van der Waals surface area contributed by atoms with Crippen molar-refractivity contribution in [2.24, 2.45) is 0 Å². The normalized spacial score (nSPS) is 11.5. The molecule has 0 radical (unpaired) electrons. The summed E-state index contributed by atoms with van der Waals surface area (Å²) in [5.41, 5.74) is 1.85. The second-order valence-electron chi connectivity index (χ2n) is 4.69. The van der Waals surface area contributed by atoms with E-state index in [4.69, 9.17) is 0 Å². The lowest BCUT2D eigenvalue weighted by molar-refractivity contribution is -0.274. The predicted molar refractivity (Wildman–Crippen MR) is 82.7 cm³/mol. The largest absolute Gasteiger partial charge is 0.573 e. The van der Waals surface area contributed by atoms with Crippen LogP contribution in [0.15, 0.2) is 40.9 Å². The lowest BCUT2D eigenvalue weighted by atomic mass is 10.2. The molecule has 124 valence electrons. The molecule has 1 heterocycles. The van der Waals surface area contributed by atoms with Gasteiger partial charge in [0, 0.05) is 11.3 Å². The molecule has 0 aliphatic heterocycles. The quantitative estimate of drug-likeness (QED) is 0.699. The third-order valence-electron chi connectivity index (χ3n) is 3.00. The van der Waals surface area contributed by atoms with Crippen LogP contribution in [-0.4, -0.2) is 27.7 Å². The van der Waals surface area contributed by atoms with Crippen LogP contribution in [0.25, 0.3) is 11.0 Å². The number of hydrogen-bond acceptors (Lipinski definition) is 4. The van der Waals surface area contributed by atoms with Gasteiger partial charge < -0.3 is 10.1 Å². The van der Waals surface area contributed by atoms with Crippen molar-refractivity contribution in [3.63, 3.8) is 0 Å². The number of aromatic nitrogens is 3. The Balaban J connectivity index is 1.77. The van der Waals surface area contributed by atoms with Gasteiger partial charge in [-0.1, -0.05) is 5.21 Å². The molecule has 3 aromatic rings. The van der Waals surface area contributed by atoms with E-state index in [1.54, 1.807) is 18.2 Å². The molecule has 0 aliphatic carbocycles. The van der Waals surface area contributed by atoms with Crippen molar-refractivity contribution >= 4 is 38.6 Å². The summed E-state index contributed by atoms with van der Waals surface area (Å²) in [4.78, 5) is 12.2. The monoisotopic (exact) mass is 400 g/mol. The lowest BCUT2D eigenvalue weighted by Gasteiger charge is -2.12. The van der Waals surface area contributed by atoms with E-state index >= 15 is 0 Å². The van der Waals surface area contributed by atoms with Gasteiger partial charge in [-0.2, -0.15) is 0 Å². The first-order valence-corrected chi connectivity index (χ1v) is 7.28. The van der Waals surface area contributed by atoms with Crippen LogP contribution < -0.4 is 10.1 Å². The van der Waals surface area contributed by atoms with Crippen LogP contribution >= 0.6 is 15.9 Å². The number of amides is 1. The first-order valence-electron chi connectivity index (χ1n) is 6.49. The minimum atomic E-state index is -4.79. The molecule has 2 N–H and O–H groups in total. The van der Waals surface area contributed by atoms with E-state index in [0.29, 0.717) is 22.3 Å². The number of ether oxygens (including phenoxy) is 1. The van der Waals surface area contributed by atoms with E-state index in [1.807, 2.05) is 0 Å². The van der Waals surface area contributed by atoms with Gasteiger partial charge >= 0.3 is 6.36 Å². The molecular weight excluding hydrogens is 393 g/mol. The Labute approximate surface area is 141 Å². The van der Waals surface area contributed by atoms with Crippen molar-refractivity contribution in [3.05, 3.63) is 46.4 Å². The topological polar surface area (TPSA) is 79.9 Å². The van der Waals surface area contributed by atoms with Crippen LogP contribution in [0.2, 0.25) is 0 Å². The van der Waals surface area contributed by atoms with Crippen LogP contribution in [0, 0.1) is 0 Å². The molecule has 6 nitrogen and oxygen atoms in total. The highest BCUT2D eigenvalue weighted by atomic mass is 79.9. The van der Waals surface area contributed by atoms with Gasteiger partial charge in [-0.25, -0.2) is 0 Å². The maximum Gasteiger partial charge on any atom is 0.573 e. The number of aromatic amines is 1. The van der Waals surface area contributed by atoms with Gasteiger partial charge in [0.2, 0.25) is 0 Å². The van der Waals surface area contributed by atoms with E-state index in [9.17, 15) is 18.0 Å². The highest BCUT2D eigenvalue weighted by Crippen LogP contribution is 2.32. The molecule has 0 atom stereocenters. The maximum atomic E-state index is 12.2. The molecule has 3 rings (SSSR count). The number of anilines is 1. The van der Waals surface area contributed by atoms with Gasteiger partial charge in [0.25, 0.3) is 5.91 Å². The fourth-order valence-corrected chi connectivity index (χ4v) is 2.43. The number of H-pyrrole nitrogens is 1. The van der Waals surface area contributed by atoms with Gasteiger partial charge in [0.05, 0.1) is 9.99 Å². The Morgan fingerprint density at radius 1 is 1.21 bits per heavy atom. The zero-order chi connectivity index (χ0) is 17.3. The molecule has 0 bridgehead atoms. The Kier molecular flexibility index (Phi) is 4.14. The first kappa shape index (κ1) is 16.2.